The van der Waals surface area contributed by atoms with Crippen LogP contribution in [0.3, 0.4) is 0 Å². The molecule has 0 saturated carbocycles. The lowest BCUT2D eigenvalue weighted by molar-refractivity contribution is -0.132. The predicted molar refractivity (Wildman–Crippen MR) is 104 cm³/mol. The molecule has 2 aliphatic heterocycles. The summed E-state index contributed by atoms with van der Waals surface area (Å²) in [4.78, 5) is 38.7. The van der Waals surface area contributed by atoms with E-state index in [9.17, 15) is 18.8 Å². The number of hydrogen-bond donors (Lipinski definition) is 2. The van der Waals surface area contributed by atoms with E-state index in [1.165, 1.54) is 13.1 Å². The molecular formula is C18H21Cl2FN4O3. The number of hydrogen-bond acceptors (Lipinski definition) is 4. The van der Waals surface area contributed by atoms with E-state index in [1.54, 1.807) is 4.90 Å². The normalized spacial score (nSPS) is 18.9. The van der Waals surface area contributed by atoms with Crippen LogP contribution < -0.4 is 15.5 Å². The molecular weight excluding hydrogens is 410 g/mol. The Morgan fingerprint density at radius 3 is 2.82 bits per heavy atom. The van der Waals surface area contributed by atoms with Gasteiger partial charge in [-0.25, -0.2) is 4.39 Å². The van der Waals surface area contributed by atoms with E-state index in [2.05, 4.69) is 10.6 Å². The van der Waals surface area contributed by atoms with Crippen LogP contribution in [0.15, 0.2) is 6.07 Å². The van der Waals surface area contributed by atoms with Crippen LogP contribution in [0.5, 0.6) is 0 Å². The van der Waals surface area contributed by atoms with Gasteiger partial charge in [0.25, 0.3) is 0 Å². The monoisotopic (exact) mass is 430 g/mol. The van der Waals surface area contributed by atoms with Gasteiger partial charge in [-0.3, -0.25) is 14.4 Å². The summed E-state index contributed by atoms with van der Waals surface area (Å²) in [6.07, 6.45) is 1.23. The van der Waals surface area contributed by atoms with Crippen molar-refractivity contribution in [1.29, 1.82) is 0 Å². The van der Waals surface area contributed by atoms with E-state index in [-0.39, 0.29) is 41.5 Å². The fourth-order valence-corrected chi connectivity index (χ4v) is 4.34. The summed E-state index contributed by atoms with van der Waals surface area (Å²) in [6.45, 7) is 1.42. The molecule has 10 heteroatoms. The molecule has 1 aromatic rings. The summed E-state index contributed by atoms with van der Waals surface area (Å²) in [5, 5.41) is 5.40. The quantitative estimate of drug-likeness (QED) is 0.527. The largest absolute Gasteiger partial charge is 0.363 e. The van der Waals surface area contributed by atoms with Gasteiger partial charge in [-0.2, -0.15) is 0 Å². The first kappa shape index (κ1) is 20.7. The van der Waals surface area contributed by atoms with E-state index in [1.807, 2.05) is 4.90 Å². The molecule has 0 aromatic heterocycles. The second-order valence-corrected chi connectivity index (χ2v) is 7.65. The molecule has 0 spiro atoms. The van der Waals surface area contributed by atoms with Gasteiger partial charge in [0.05, 0.1) is 21.8 Å². The lowest BCUT2D eigenvalue weighted by atomic mass is 10.1. The van der Waals surface area contributed by atoms with E-state index >= 15 is 0 Å². The van der Waals surface area contributed by atoms with Crippen LogP contribution in [-0.2, 0) is 20.8 Å². The zero-order valence-electron chi connectivity index (χ0n) is 15.3. The Morgan fingerprint density at radius 1 is 1.39 bits per heavy atom. The van der Waals surface area contributed by atoms with Crippen molar-refractivity contribution in [2.75, 3.05) is 31.6 Å². The summed E-state index contributed by atoms with van der Waals surface area (Å²) >= 11 is 12.3. The number of halogens is 3. The lowest BCUT2D eigenvalue weighted by Gasteiger charge is -2.39. The summed E-state index contributed by atoms with van der Waals surface area (Å²) < 4.78 is 14.3. The number of piperazine rings is 1. The summed E-state index contributed by atoms with van der Waals surface area (Å²) in [5.74, 6) is -0.843. The maximum Gasteiger partial charge on any atom is 0.242 e. The number of nitrogens with one attached hydrogen (secondary N) is 2. The Morgan fingerprint density at radius 2 is 2.14 bits per heavy atom. The van der Waals surface area contributed by atoms with Crippen LogP contribution in [0.25, 0.3) is 0 Å². The number of rotatable bonds is 6. The lowest BCUT2D eigenvalue weighted by Crippen LogP contribution is -2.54. The molecule has 1 aromatic carbocycles. The average molecular weight is 431 g/mol. The maximum atomic E-state index is 14.3. The number of nitrogens with zero attached hydrogens (tertiary/aromatic N) is 2. The fourth-order valence-electron chi connectivity index (χ4n) is 3.87. The summed E-state index contributed by atoms with van der Waals surface area (Å²) in [7, 11) is 1.47. The van der Waals surface area contributed by atoms with Crippen LogP contribution in [0.1, 0.15) is 18.4 Å². The second-order valence-electron chi connectivity index (χ2n) is 6.86. The zero-order chi connectivity index (χ0) is 20.4. The number of carbonyl (C=O) groups is 3. The second kappa shape index (κ2) is 8.53. The number of benzene rings is 1. The average Bonchev–Trinajstić information content (AvgIpc) is 3.08. The number of likely N-dealkylation sites (N-methyl/N-ethyl adjacent to an activating group) is 1. The molecule has 7 nitrogen and oxygen atoms in total. The van der Waals surface area contributed by atoms with E-state index in [0.29, 0.717) is 48.7 Å². The number of anilines is 1. The smallest absolute Gasteiger partial charge is 0.242 e. The van der Waals surface area contributed by atoms with E-state index in [4.69, 9.17) is 23.2 Å². The van der Waals surface area contributed by atoms with Crippen LogP contribution in [0.2, 0.25) is 10.0 Å². The molecule has 2 unspecified atom stereocenters. The van der Waals surface area contributed by atoms with Crippen molar-refractivity contribution >= 4 is 47.1 Å². The van der Waals surface area contributed by atoms with Crippen LogP contribution in [0.4, 0.5) is 10.1 Å². The van der Waals surface area contributed by atoms with Gasteiger partial charge in [0.1, 0.15) is 11.9 Å². The third-order valence-corrected chi connectivity index (χ3v) is 6.06. The third-order valence-electron chi connectivity index (χ3n) is 5.29. The van der Waals surface area contributed by atoms with E-state index in [0.717, 1.165) is 0 Å². The van der Waals surface area contributed by atoms with Gasteiger partial charge in [0.15, 0.2) is 0 Å². The zero-order valence-corrected chi connectivity index (χ0v) is 16.8. The molecule has 2 N–H and O–H groups in total. The van der Waals surface area contributed by atoms with Gasteiger partial charge in [0, 0.05) is 38.7 Å². The molecule has 152 valence electrons. The van der Waals surface area contributed by atoms with Gasteiger partial charge >= 0.3 is 0 Å². The Hall–Kier alpha value is -2.06. The molecule has 3 rings (SSSR count). The van der Waals surface area contributed by atoms with Crippen molar-refractivity contribution in [3.63, 3.8) is 0 Å². The highest BCUT2D eigenvalue weighted by atomic mass is 35.5. The molecule has 2 aliphatic rings. The molecule has 1 saturated heterocycles. The topological polar surface area (TPSA) is 81.8 Å². The standard InChI is InChI=1S/C18H21Cl2FN4O3/c1-22-18(28)14(23-9-26)2-3-15(27)24-4-5-25-10(8-24)6-11-13(21)7-12(19)16(20)17(11)25/h7,9-10,14H,2-6,8H2,1H3,(H,22,28)(H,23,26). The van der Waals surface area contributed by atoms with Gasteiger partial charge in [-0.1, -0.05) is 23.2 Å². The summed E-state index contributed by atoms with van der Waals surface area (Å²) in [5.41, 5.74) is 1.15. The maximum absolute atomic E-state index is 14.3. The van der Waals surface area contributed by atoms with Crippen molar-refractivity contribution in [1.82, 2.24) is 15.5 Å². The Kier molecular flexibility index (Phi) is 6.30. The Balaban J connectivity index is 1.64. The highest BCUT2D eigenvalue weighted by Crippen LogP contribution is 2.44. The molecule has 1 fully saturated rings. The molecule has 3 amide bonds. The number of carbonyl (C=O) groups excluding carboxylic acids is 3. The number of fused-ring (bicyclic) bond motifs is 3. The molecule has 2 atom stereocenters. The molecule has 28 heavy (non-hydrogen) atoms. The minimum atomic E-state index is -0.751. The molecule has 0 aliphatic carbocycles. The third kappa shape index (κ3) is 3.89. The highest BCUT2D eigenvalue weighted by Gasteiger charge is 2.39. The van der Waals surface area contributed by atoms with Gasteiger partial charge in [-0.05, 0) is 18.9 Å². The molecule has 0 radical (unpaired) electrons. The van der Waals surface area contributed by atoms with Crippen molar-refractivity contribution in [3.8, 4) is 0 Å². The van der Waals surface area contributed by atoms with E-state index < -0.39 is 6.04 Å². The molecule has 0 bridgehead atoms. The number of amides is 3. The van der Waals surface area contributed by atoms with Gasteiger partial charge < -0.3 is 20.4 Å². The Labute approximate surface area is 172 Å². The highest BCUT2D eigenvalue weighted by molar-refractivity contribution is 6.44. The minimum absolute atomic E-state index is 0.0685. The van der Waals surface area contributed by atoms with Crippen molar-refractivity contribution < 1.29 is 18.8 Å². The van der Waals surface area contributed by atoms with Gasteiger partial charge in [0.2, 0.25) is 18.2 Å². The van der Waals surface area contributed by atoms with Crippen molar-refractivity contribution in [2.24, 2.45) is 0 Å². The minimum Gasteiger partial charge on any atom is -0.363 e. The first-order valence-electron chi connectivity index (χ1n) is 8.99. The fraction of sp³-hybridized carbons (Fsp3) is 0.500. The molecule has 2 heterocycles. The van der Waals surface area contributed by atoms with Crippen LogP contribution in [0, 0.1) is 5.82 Å². The van der Waals surface area contributed by atoms with Gasteiger partial charge in [-0.15, -0.1) is 0 Å². The van der Waals surface area contributed by atoms with Crippen LogP contribution in [-0.4, -0.2) is 61.9 Å². The first-order chi connectivity index (χ1) is 13.4. The predicted octanol–water partition coefficient (Wildman–Crippen LogP) is 1.35. The summed E-state index contributed by atoms with van der Waals surface area (Å²) in [6, 6.07) is 0.405. The SMILES string of the molecule is CNC(=O)C(CCC(=O)N1CCN2c3c(Cl)c(Cl)cc(F)c3CC2C1)NC=O. The van der Waals surface area contributed by atoms with Crippen molar-refractivity contribution in [2.45, 2.75) is 31.3 Å². The first-order valence-corrected chi connectivity index (χ1v) is 9.75. The van der Waals surface area contributed by atoms with Crippen molar-refractivity contribution in [3.05, 3.63) is 27.5 Å². The Bertz CT molecular complexity index is 808. The van der Waals surface area contributed by atoms with Crippen LogP contribution >= 0.6 is 23.2 Å².